The molecule has 3 aromatic carbocycles. The molecule has 1 fully saturated rings. The summed E-state index contributed by atoms with van der Waals surface area (Å²) in [7, 11) is 1.00. The number of nitrogens with zero attached hydrogens (tertiary/aromatic N) is 1. The van der Waals surface area contributed by atoms with Crippen molar-refractivity contribution < 1.29 is 9.90 Å². The van der Waals surface area contributed by atoms with Crippen LogP contribution in [-0.4, -0.2) is 37.6 Å². The van der Waals surface area contributed by atoms with Crippen LogP contribution >= 0.6 is 11.6 Å². The fourth-order valence-corrected chi connectivity index (χ4v) is 4.07. The Bertz CT molecular complexity index is 950. The van der Waals surface area contributed by atoms with Gasteiger partial charge in [-0.15, -0.1) is 0 Å². The number of rotatable bonds is 6. The third-order valence-corrected chi connectivity index (χ3v) is 5.90. The van der Waals surface area contributed by atoms with Gasteiger partial charge in [-0.05, 0) is 65.9 Å². The highest BCUT2D eigenvalue weighted by atomic mass is 35.5. The minimum Gasteiger partial charge on any atom is -0.400 e. The number of nitrogens with one attached hydrogen (secondary N) is 1. The summed E-state index contributed by atoms with van der Waals surface area (Å²) in [6.07, 6.45) is 3.11. The van der Waals surface area contributed by atoms with Crippen LogP contribution < -0.4 is 10.2 Å². The van der Waals surface area contributed by atoms with Crippen LogP contribution in [0.15, 0.2) is 72.8 Å². The largest absolute Gasteiger partial charge is 0.400 e. The second kappa shape index (κ2) is 11.7. The lowest BCUT2D eigenvalue weighted by molar-refractivity contribution is 0.112. The minimum absolute atomic E-state index is 0.513. The van der Waals surface area contributed by atoms with Gasteiger partial charge >= 0.3 is 0 Å². The number of piperidine rings is 1. The number of aliphatic hydroxyl groups is 1. The highest BCUT2D eigenvalue weighted by Gasteiger charge is 2.19. The Balaban J connectivity index is 0.00000132. The SMILES string of the molecule is CO.O=Cc1ccc(N2CCC(NCc3ccccc3-c3ccc(Cl)cc3)CC2)cc1. The summed E-state index contributed by atoms with van der Waals surface area (Å²) in [5.41, 5.74) is 5.68. The maximum Gasteiger partial charge on any atom is 0.150 e. The summed E-state index contributed by atoms with van der Waals surface area (Å²) >= 11 is 6.04. The van der Waals surface area contributed by atoms with Crippen LogP contribution in [0.5, 0.6) is 0 Å². The molecule has 5 heteroatoms. The Morgan fingerprint density at radius 3 is 2.26 bits per heavy atom. The molecule has 0 aromatic heterocycles. The van der Waals surface area contributed by atoms with Crippen molar-refractivity contribution in [3.63, 3.8) is 0 Å². The van der Waals surface area contributed by atoms with E-state index < -0.39 is 0 Å². The molecule has 0 aliphatic carbocycles. The molecule has 1 aliphatic rings. The van der Waals surface area contributed by atoms with Crippen LogP contribution in [0.2, 0.25) is 5.02 Å². The van der Waals surface area contributed by atoms with Gasteiger partial charge in [-0.25, -0.2) is 0 Å². The molecule has 4 nitrogen and oxygen atoms in total. The van der Waals surface area contributed by atoms with E-state index in [2.05, 4.69) is 46.6 Å². The molecule has 0 saturated carbocycles. The van der Waals surface area contributed by atoms with E-state index in [1.165, 1.54) is 22.4 Å². The van der Waals surface area contributed by atoms with E-state index in [1.807, 2.05) is 36.4 Å². The number of benzene rings is 3. The summed E-state index contributed by atoms with van der Waals surface area (Å²) in [4.78, 5) is 13.2. The molecule has 1 heterocycles. The van der Waals surface area contributed by atoms with E-state index in [0.717, 1.165) is 56.5 Å². The average molecular weight is 437 g/mol. The van der Waals surface area contributed by atoms with E-state index in [-0.39, 0.29) is 0 Å². The van der Waals surface area contributed by atoms with E-state index in [0.29, 0.717) is 6.04 Å². The van der Waals surface area contributed by atoms with Crippen molar-refractivity contribution in [2.75, 3.05) is 25.1 Å². The van der Waals surface area contributed by atoms with Gasteiger partial charge in [0.25, 0.3) is 0 Å². The number of anilines is 1. The Hall–Kier alpha value is -2.66. The van der Waals surface area contributed by atoms with Crippen molar-refractivity contribution in [2.24, 2.45) is 0 Å². The first-order chi connectivity index (χ1) is 15.2. The molecule has 2 N–H and O–H groups in total. The minimum atomic E-state index is 0.513. The average Bonchev–Trinajstić information content (AvgIpc) is 2.85. The van der Waals surface area contributed by atoms with Gasteiger partial charge in [-0.1, -0.05) is 48.0 Å². The standard InChI is InChI=1S/C25H25ClN2O.CH4O/c26-22-9-7-20(8-10-22)25-4-2-1-3-21(25)17-27-23-13-15-28(16-14-23)24-11-5-19(18-29)6-12-24;1-2/h1-12,18,23,27H,13-17H2;2H,1H3. The van der Waals surface area contributed by atoms with E-state index in [4.69, 9.17) is 16.7 Å². The fourth-order valence-electron chi connectivity index (χ4n) is 3.95. The van der Waals surface area contributed by atoms with Gasteiger partial charge in [0, 0.05) is 49.1 Å². The number of carbonyl (C=O) groups excluding carboxylic acids is 1. The molecule has 3 aromatic rings. The topological polar surface area (TPSA) is 52.6 Å². The molecule has 0 bridgehead atoms. The van der Waals surface area contributed by atoms with Crippen LogP contribution in [0.1, 0.15) is 28.8 Å². The highest BCUT2D eigenvalue weighted by molar-refractivity contribution is 6.30. The van der Waals surface area contributed by atoms with Crippen molar-refractivity contribution in [2.45, 2.75) is 25.4 Å². The van der Waals surface area contributed by atoms with Crippen molar-refractivity contribution in [3.8, 4) is 11.1 Å². The first kappa shape index (κ1) is 23.0. The Morgan fingerprint density at radius 2 is 1.61 bits per heavy atom. The smallest absolute Gasteiger partial charge is 0.150 e. The maximum atomic E-state index is 10.8. The van der Waals surface area contributed by atoms with Gasteiger partial charge < -0.3 is 15.3 Å². The van der Waals surface area contributed by atoms with Crippen LogP contribution in [0.4, 0.5) is 5.69 Å². The van der Waals surface area contributed by atoms with Crippen molar-refractivity contribution in [1.82, 2.24) is 5.32 Å². The predicted molar refractivity (Wildman–Crippen MR) is 129 cm³/mol. The molecule has 0 spiro atoms. The lowest BCUT2D eigenvalue weighted by atomic mass is 9.98. The molecule has 1 aliphatic heterocycles. The quantitative estimate of drug-likeness (QED) is 0.522. The molecule has 162 valence electrons. The normalized spacial score (nSPS) is 14.0. The number of hydrogen-bond donors (Lipinski definition) is 2. The fraction of sp³-hybridized carbons (Fsp3) is 0.269. The molecule has 31 heavy (non-hydrogen) atoms. The predicted octanol–water partition coefficient (Wildman–Crippen LogP) is 5.19. The third-order valence-electron chi connectivity index (χ3n) is 5.64. The Morgan fingerprint density at radius 1 is 0.968 bits per heavy atom. The van der Waals surface area contributed by atoms with Gasteiger partial charge in [-0.2, -0.15) is 0 Å². The van der Waals surface area contributed by atoms with E-state index >= 15 is 0 Å². The summed E-state index contributed by atoms with van der Waals surface area (Å²) in [5.74, 6) is 0. The molecule has 0 amide bonds. The maximum absolute atomic E-state index is 10.8. The summed E-state index contributed by atoms with van der Waals surface area (Å²) in [5, 5.41) is 11.5. The first-order valence-electron chi connectivity index (χ1n) is 10.5. The first-order valence-corrected chi connectivity index (χ1v) is 10.9. The molecule has 0 atom stereocenters. The number of aliphatic hydroxyl groups excluding tert-OH is 1. The van der Waals surface area contributed by atoms with Gasteiger partial charge in [0.1, 0.15) is 6.29 Å². The molecule has 4 rings (SSSR count). The second-order valence-corrected chi connectivity index (χ2v) is 7.95. The van der Waals surface area contributed by atoms with Gasteiger partial charge in [0.05, 0.1) is 0 Å². The Labute approximate surface area is 189 Å². The second-order valence-electron chi connectivity index (χ2n) is 7.52. The number of hydrogen-bond acceptors (Lipinski definition) is 4. The summed E-state index contributed by atoms with van der Waals surface area (Å²) < 4.78 is 0. The van der Waals surface area contributed by atoms with E-state index in [1.54, 1.807) is 0 Å². The van der Waals surface area contributed by atoms with Gasteiger partial charge in [0.15, 0.2) is 0 Å². The van der Waals surface area contributed by atoms with Crippen molar-refractivity contribution in [3.05, 3.63) is 88.9 Å². The molecule has 0 unspecified atom stereocenters. The van der Waals surface area contributed by atoms with Crippen LogP contribution in [0, 0.1) is 0 Å². The number of halogens is 1. The zero-order valence-corrected chi connectivity index (χ0v) is 18.6. The van der Waals surface area contributed by atoms with Crippen LogP contribution in [0.25, 0.3) is 11.1 Å². The van der Waals surface area contributed by atoms with Crippen molar-refractivity contribution >= 4 is 23.6 Å². The third kappa shape index (κ3) is 6.17. The van der Waals surface area contributed by atoms with E-state index in [9.17, 15) is 4.79 Å². The van der Waals surface area contributed by atoms with Crippen LogP contribution in [-0.2, 0) is 6.54 Å². The van der Waals surface area contributed by atoms with Crippen LogP contribution in [0.3, 0.4) is 0 Å². The monoisotopic (exact) mass is 436 g/mol. The lowest BCUT2D eigenvalue weighted by Crippen LogP contribution is -2.42. The molecular formula is C26H29ClN2O2. The zero-order chi connectivity index (χ0) is 22.1. The Kier molecular flexibility index (Phi) is 8.65. The number of aldehydes is 1. The molecule has 1 saturated heterocycles. The molecular weight excluding hydrogens is 408 g/mol. The number of carbonyl (C=O) groups is 1. The lowest BCUT2D eigenvalue weighted by Gasteiger charge is -2.34. The summed E-state index contributed by atoms with van der Waals surface area (Å²) in [6.45, 7) is 2.91. The molecule has 0 radical (unpaired) electrons. The van der Waals surface area contributed by atoms with Gasteiger partial charge in [0.2, 0.25) is 0 Å². The van der Waals surface area contributed by atoms with Crippen molar-refractivity contribution in [1.29, 1.82) is 0 Å². The summed E-state index contributed by atoms with van der Waals surface area (Å²) in [6, 6.07) is 25.0. The van der Waals surface area contributed by atoms with Gasteiger partial charge in [-0.3, -0.25) is 4.79 Å². The highest BCUT2D eigenvalue weighted by Crippen LogP contribution is 2.26. The zero-order valence-electron chi connectivity index (χ0n) is 17.8.